The van der Waals surface area contributed by atoms with Crippen LogP contribution < -0.4 is 5.73 Å². The van der Waals surface area contributed by atoms with Gasteiger partial charge >= 0.3 is 0 Å². The second-order valence-corrected chi connectivity index (χ2v) is 3.82. The lowest BCUT2D eigenvalue weighted by Gasteiger charge is -2.19. The second-order valence-electron chi connectivity index (χ2n) is 3.03. The van der Waals surface area contributed by atoms with Gasteiger partial charge in [-0.15, -0.1) is 0 Å². The van der Waals surface area contributed by atoms with E-state index in [-0.39, 0.29) is 15.6 Å². The molecule has 0 heterocycles. The van der Waals surface area contributed by atoms with Crippen molar-refractivity contribution in [2.24, 2.45) is 5.73 Å². The first-order valence-electron chi connectivity index (χ1n) is 3.74. The molecule has 0 saturated carbocycles. The summed E-state index contributed by atoms with van der Waals surface area (Å²) in [6.07, 6.45) is 0. The Balaban J connectivity index is 3.49. The van der Waals surface area contributed by atoms with Crippen LogP contribution in [0, 0.1) is 17.1 Å². The summed E-state index contributed by atoms with van der Waals surface area (Å²) in [5.74, 6) is -0.641. The lowest BCUT2D eigenvalue weighted by Crippen LogP contribution is -2.31. The van der Waals surface area contributed by atoms with Crippen LogP contribution in [0.3, 0.4) is 0 Å². The molecule has 0 amide bonds. The molecule has 1 aromatic carbocycles. The second kappa shape index (κ2) is 3.74. The van der Waals surface area contributed by atoms with Gasteiger partial charge in [0.2, 0.25) is 0 Å². The van der Waals surface area contributed by atoms with Crippen molar-refractivity contribution in [1.82, 2.24) is 0 Å². The standard InChI is InChI=1S/C9H7Cl2FN2/c1-9(14,4-13)7-5(10)2-3-6(12)8(7)11/h2-3H,14H2,1H3. The molecule has 0 aliphatic carbocycles. The summed E-state index contributed by atoms with van der Waals surface area (Å²) in [4.78, 5) is 0. The van der Waals surface area contributed by atoms with Crippen LogP contribution in [0.4, 0.5) is 4.39 Å². The highest BCUT2D eigenvalue weighted by Crippen LogP contribution is 2.34. The van der Waals surface area contributed by atoms with E-state index in [1.54, 1.807) is 0 Å². The Morgan fingerprint density at radius 3 is 2.57 bits per heavy atom. The molecule has 0 aliphatic rings. The van der Waals surface area contributed by atoms with E-state index in [2.05, 4.69) is 0 Å². The fourth-order valence-electron chi connectivity index (χ4n) is 1.06. The minimum absolute atomic E-state index is 0.114. The Bertz CT molecular complexity index is 410. The van der Waals surface area contributed by atoms with Crippen LogP contribution in [0.1, 0.15) is 12.5 Å². The zero-order valence-electron chi connectivity index (χ0n) is 7.31. The average Bonchev–Trinajstić information content (AvgIpc) is 2.12. The number of nitriles is 1. The van der Waals surface area contributed by atoms with Gasteiger partial charge in [-0.2, -0.15) is 5.26 Å². The third kappa shape index (κ3) is 1.83. The molecule has 14 heavy (non-hydrogen) atoms. The quantitative estimate of drug-likeness (QED) is 0.758. The fraction of sp³-hybridized carbons (Fsp3) is 0.222. The van der Waals surface area contributed by atoms with E-state index in [4.69, 9.17) is 34.2 Å². The van der Waals surface area contributed by atoms with Crippen molar-refractivity contribution in [3.05, 3.63) is 33.6 Å². The molecule has 74 valence electrons. The van der Waals surface area contributed by atoms with E-state index < -0.39 is 11.4 Å². The lowest BCUT2D eigenvalue weighted by molar-refractivity contribution is 0.604. The average molecular weight is 233 g/mol. The van der Waals surface area contributed by atoms with Crippen LogP contribution in [-0.4, -0.2) is 0 Å². The molecule has 1 atom stereocenters. The van der Waals surface area contributed by atoms with Crippen LogP contribution in [0.5, 0.6) is 0 Å². The minimum Gasteiger partial charge on any atom is -0.310 e. The summed E-state index contributed by atoms with van der Waals surface area (Å²) in [6, 6.07) is 4.26. The maximum atomic E-state index is 13.1. The summed E-state index contributed by atoms with van der Waals surface area (Å²) < 4.78 is 13.1. The van der Waals surface area contributed by atoms with E-state index in [0.717, 1.165) is 6.07 Å². The predicted molar refractivity (Wildman–Crippen MR) is 53.6 cm³/mol. The number of rotatable bonds is 1. The van der Waals surface area contributed by atoms with E-state index in [0.29, 0.717) is 0 Å². The molecular weight excluding hydrogens is 226 g/mol. The monoisotopic (exact) mass is 232 g/mol. The highest BCUT2D eigenvalue weighted by molar-refractivity contribution is 6.36. The van der Waals surface area contributed by atoms with Crippen molar-refractivity contribution < 1.29 is 4.39 Å². The zero-order chi connectivity index (χ0) is 10.9. The van der Waals surface area contributed by atoms with Gasteiger partial charge in [0, 0.05) is 10.6 Å². The maximum Gasteiger partial charge on any atom is 0.142 e. The predicted octanol–water partition coefficient (Wildman–Crippen LogP) is 2.83. The van der Waals surface area contributed by atoms with Gasteiger partial charge in [-0.1, -0.05) is 23.2 Å². The molecule has 5 heteroatoms. The van der Waals surface area contributed by atoms with Crippen LogP contribution in [0.2, 0.25) is 10.0 Å². The maximum absolute atomic E-state index is 13.1. The lowest BCUT2D eigenvalue weighted by atomic mass is 9.95. The Morgan fingerprint density at radius 1 is 1.50 bits per heavy atom. The van der Waals surface area contributed by atoms with Gasteiger partial charge in [-0.3, -0.25) is 0 Å². The Hall–Kier alpha value is -0.820. The number of halogens is 3. The van der Waals surface area contributed by atoms with Gasteiger partial charge in [0.1, 0.15) is 11.4 Å². The molecule has 0 aliphatic heterocycles. The van der Waals surface area contributed by atoms with Crippen molar-refractivity contribution in [2.75, 3.05) is 0 Å². The number of benzene rings is 1. The van der Waals surface area contributed by atoms with Crippen LogP contribution in [0.25, 0.3) is 0 Å². The topological polar surface area (TPSA) is 49.8 Å². The molecular formula is C9H7Cl2FN2. The summed E-state index contributed by atoms with van der Waals surface area (Å²) in [5, 5.41) is 8.75. The summed E-state index contributed by atoms with van der Waals surface area (Å²) in [6.45, 7) is 1.42. The van der Waals surface area contributed by atoms with Crippen molar-refractivity contribution in [2.45, 2.75) is 12.5 Å². The van der Waals surface area contributed by atoms with Gasteiger partial charge in [-0.25, -0.2) is 4.39 Å². The molecule has 0 spiro atoms. The Labute approximate surface area is 91.0 Å². The molecule has 2 nitrogen and oxygen atoms in total. The Morgan fingerprint density at radius 2 is 2.07 bits per heavy atom. The SMILES string of the molecule is CC(N)(C#N)c1c(Cl)ccc(F)c1Cl. The first kappa shape index (κ1) is 11.3. The summed E-state index contributed by atoms with van der Waals surface area (Å²) >= 11 is 11.5. The molecule has 1 aromatic rings. The van der Waals surface area contributed by atoms with Crippen LogP contribution >= 0.6 is 23.2 Å². The van der Waals surface area contributed by atoms with Crippen molar-refractivity contribution in [3.8, 4) is 6.07 Å². The minimum atomic E-state index is -1.39. The molecule has 0 bridgehead atoms. The van der Waals surface area contributed by atoms with Crippen molar-refractivity contribution in [3.63, 3.8) is 0 Å². The molecule has 1 unspecified atom stereocenters. The van der Waals surface area contributed by atoms with E-state index in [1.165, 1.54) is 13.0 Å². The summed E-state index contributed by atoms with van der Waals surface area (Å²) in [7, 11) is 0. The number of hydrogen-bond acceptors (Lipinski definition) is 2. The highest BCUT2D eigenvalue weighted by atomic mass is 35.5. The van der Waals surface area contributed by atoms with Crippen molar-refractivity contribution in [1.29, 1.82) is 5.26 Å². The third-order valence-corrected chi connectivity index (χ3v) is 2.48. The molecule has 0 radical (unpaired) electrons. The molecule has 0 aromatic heterocycles. The summed E-state index contributed by atoms with van der Waals surface area (Å²) in [5.41, 5.74) is 4.33. The molecule has 2 N–H and O–H groups in total. The van der Waals surface area contributed by atoms with Crippen molar-refractivity contribution >= 4 is 23.2 Å². The Kier molecular flexibility index (Phi) is 3.01. The van der Waals surface area contributed by atoms with Crippen LogP contribution in [0.15, 0.2) is 12.1 Å². The van der Waals surface area contributed by atoms with Gasteiger partial charge in [0.05, 0.1) is 11.1 Å². The number of hydrogen-bond donors (Lipinski definition) is 1. The first-order valence-corrected chi connectivity index (χ1v) is 4.50. The van der Waals surface area contributed by atoms with Gasteiger partial charge in [-0.05, 0) is 19.1 Å². The highest BCUT2D eigenvalue weighted by Gasteiger charge is 2.28. The molecule has 0 saturated heterocycles. The number of nitrogens with two attached hydrogens (primary N) is 1. The fourth-order valence-corrected chi connectivity index (χ4v) is 1.82. The largest absolute Gasteiger partial charge is 0.310 e. The van der Waals surface area contributed by atoms with E-state index >= 15 is 0 Å². The van der Waals surface area contributed by atoms with Gasteiger partial charge in [0.25, 0.3) is 0 Å². The molecule has 0 fully saturated rings. The molecule has 1 rings (SSSR count). The van der Waals surface area contributed by atoms with E-state index in [1.807, 2.05) is 6.07 Å². The van der Waals surface area contributed by atoms with Gasteiger partial charge < -0.3 is 5.73 Å². The normalized spacial score (nSPS) is 14.6. The zero-order valence-corrected chi connectivity index (χ0v) is 8.83. The smallest absolute Gasteiger partial charge is 0.142 e. The van der Waals surface area contributed by atoms with Crippen LogP contribution in [-0.2, 0) is 5.54 Å². The first-order chi connectivity index (χ1) is 6.40. The van der Waals surface area contributed by atoms with Gasteiger partial charge in [0.15, 0.2) is 0 Å². The van der Waals surface area contributed by atoms with E-state index in [9.17, 15) is 4.39 Å². The third-order valence-electron chi connectivity index (χ3n) is 1.80. The number of nitrogens with zero attached hydrogens (tertiary/aromatic N) is 1.